The molecule has 0 amide bonds. The van der Waals surface area contributed by atoms with E-state index in [1.807, 2.05) is 18.0 Å². The largest absolute Gasteiger partial charge is 0.494 e. The summed E-state index contributed by atoms with van der Waals surface area (Å²) in [6.07, 6.45) is 2.23. The number of aliphatic imine (C=N–C) groups is 1. The van der Waals surface area contributed by atoms with Gasteiger partial charge in [-0.05, 0) is 24.1 Å². The highest BCUT2D eigenvalue weighted by Crippen LogP contribution is 2.18. The van der Waals surface area contributed by atoms with E-state index in [0.717, 1.165) is 31.0 Å². The summed E-state index contributed by atoms with van der Waals surface area (Å²) in [6, 6.07) is 4.95. The minimum Gasteiger partial charge on any atom is -0.494 e. The Bertz CT molecular complexity index is 541. The lowest BCUT2D eigenvalue weighted by Crippen LogP contribution is -2.40. The predicted molar refractivity (Wildman–Crippen MR) is 102 cm³/mol. The van der Waals surface area contributed by atoms with Crippen molar-refractivity contribution >= 4 is 5.96 Å². The van der Waals surface area contributed by atoms with Crippen molar-refractivity contribution in [2.75, 3.05) is 54.2 Å². The number of hydrogen-bond acceptors (Lipinski definition) is 4. The predicted octanol–water partition coefficient (Wildman–Crippen LogP) is 2.67. The molecule has 26 heavy (non-hydrogen) atoms. The molecule has 1 aromatic carbocycles. The van der Waals surface area contributed by atoms with E-state index in [-0.39, 0.29) is 11.6 Å². The number of ether oxygens (including phenoxy) is 3. The van der Waals surface area contributed by atoms with Crippen LogP contribution < -0.4 is 10.1 Å². The highest BCUT2D eigenvalue weighted by atomic mass is 19.1. The van der Waals surface area contributed by atoms with E-state index in [1.54, 1.807) is 13.1 Å². The lowest BCUT2D eigenvalue weighted by molar-refractivity contribution is 0.0486. The first-order valence-corrected chi connectivity index (χ1v) is 9.02. The summed E-state index contributed by atoms with van der Waals surface area (Å²) < 4.78 is 29.7. The minimum atomic E-state index is -0.365. The highest BCUT2D eigenvalue weighted by molar-refractivity contribution is 5.79. The molecular formula is C19H32FN3O3. The van der Waals surface area contributed by atoms with Gasteiger partial charge in [-0.1, -0.05) is 19.4 Å². The Morgan fingerprint density at radius 1 is 1.19 bits per heavy atom. The molecule has 0 saturated carbocycles. The molecule has 1 rings (SSSR count). The summed E-state index contributed by atoms with van der Waals surface area (Å²) in [5.41, 5.74) is 0.842. The molecule has 1 aromatic rings. The summed E-state index contributed by atoms with van der Waals surface area (Å²) in [5, 5.41) is 3.23. The van der Waals surface area contributed by atoms with E-state index in [9.17, 15) is 4.39 Å². The van der Waals surface area contributed by atoms with Crippen LogP contribution in [-0.4, -0.2) is 65.0 Å². The summed E-state index contributed by atoms with van der Waals surface area (Å²) in [6.45, 7) is 5.89. The van der Waals surface area contributed by atoms with Crippen LogP contribution in [0.2, 0.25) is 0 Å². The van der Waals surface area contributed by atoms with Crippen molar-refractivity contribution in [2.45, 2.75) is 26.3 Å². The molecule has 6 nitrogen and oxygen atoms in total. The number of benzene rings is 1. The van der Waals surface area contributed by atoms with Crippen LogP contribution in [0.5, 0.6) is 5.75 Å². The number of nitrogens with one attached hydrogen (secondary N) is 1. The Morgan fingerprint density at radius 2 is 1.92 bits per heavy atom. The van der Waals surface area contributed by atoms with E-state index in [1.165, 1.54) is 13.2 Å². The summed E-state index contributed by atoms with van der Waals surface area (Å²) in [4.78, 5) is 6.17. The third kappa shape index (κ3) is 8.49. The summed E-state index contributed by atoms with van der Waals surface area (Å²) >= 11 is 0. The van der Waals surface area contributed by atoms with Gasteiger partial charge in [0.15, 0.2) is 17.5 Å². The van der Waals surface area contributed by atoms with Gasteiger partial charge >= 0.3 is 0 Å². The Hall–Kier alpha value is -1.86. The zero-order valence-electron chi connectivity index (χ0n) is 16.4. The van der Waals surface area contributed by atoms with Crippen LogP contribution in [0.3, 0.4) is 0 Å². The molecule has 0 atom stereocenters. The molecule has 0 heterocycles. The van der Waals surface area contributed by atoms with Crippen LogP contribution in [0.15, 0.2) is 23.2 Å². The van der Waals surface area contributed by atoms with Gasteiger partial charge in [-0.25, -0.2) is 4.39 Å². The van der Waals surface area contributed by atoms with Crippen LogP contribution in [0, 0.1) is 5.82 Å². The van der Waals surface area contributed by atoms with Gasteiger partial charge in [-0.15, -0.1) is 0 Å². The van der Waals surface area contributed by atoms with Gasteiger partial charge in [0.2, 0.25) is 0 Å². The number of halogens is 1. The maximum absolute atomic E-state index is 13.8. The minimum absolute atomic E-state index is 0.245. The standard InChI is InChI=1S/C19H32FN3O3/c1-5-6-10-25-12-13-26-11-9-22-19(21-2)23(3)15-16-7-8-18(24-4)17(20)14-16/h7-8,14H,5-6,9-13,15H2,1-4H3,(H,21,22). The second-order valence-electron chi connectivity index (χ2n) is 5.88. The van der Waals surface area contributed by atoms with Crippen LogP contribution >= 0.6 is 0 Å². The first kappa shape index (κ1) is 22.2. The van der Waals surface area contributed by atoms with Gasteiger partial charge in [-0.2, -0.15) is 0 Å². The van der Waals surface area contributed by atoms with Crippen molar-refractivity contribution in [1.29, 1.82) is 0 Å². The average molecular weight is 369 g/mol. The fourth-order valence-electron chi connectivity index (χ4n) is 2.35. The first-order chi connectivity index (χ1) is 12.6. The number of nitrogens with zero attached hydrogens (tertiary/aromatic N) is 2. The van der Waals surface area contributed by atoms with Crippen molar-refractivity contribution in [2.24, 2.45) is 4.99 Å². The average Bonchev–Trinajstić information content (AvgIpc) is 2.63. The number of unbranched alkanes of at least 4 members (excludes halogenated alkanes) is 1. The second kappa shape index (κ2) is 13.4. The number of methoxy groups -OCH3 is 1. The lowest BCUT2D eigenvalue weighted by Gasteiger charge is -2.22. The Labute approximate surface area is 156 Å². The summed E-state index contributed by atoms with van der Waals surface area (Å²) in [5.74, 6) is 0.606. The molecule has 0 spiro atoms. The molecule has 0 aliphatic heterocycles. The van der Waals surface area contributed by atoms with Crippen LogP contribution in [0.4, 0.5) is 4.39 Å². The normalized spacial score (nSPS) is 11.5. The topological polar surface area (TPSA) is 55.3 Å². The third-order valence-electron chi connectivity index (χ3n) is 3.75. The molecule has 0 radical (unpaired) electrons. The second-order valence-corrected chi connectivity index (χ2v) is 5.88. The zero-order valence-corrected chi connectivity index (χ0v) is 16.4. The van der Waals surface area contributed by atoms with E-state index in [2.05, 4.69) is 17.2 Å². The van der Waals surface area contributed by atoms with Crippen LogP contribution in [0.25, 0.3) is 0 Å². The van der Waals surface area contributed by atoms with E-state index < -0.39 is 0 Å². The SMILES string of the molecule is CCCCOCCOCCNC(=NC)N(C)Cc1ccc(OC)c(F)c1. The Balaban J connectivity index is 2.27. The Kier molecular flexibility index (Phi) is 11.4. The molecule has 0 bridgehead atoms. The monoisotopic (exact) mass is 369 g/mol. The van der Waals surface area contributed by atoms with E-state index in [4.69, 9.17) is 14.2 Å². The highest BCUT2D eigenvalue weighted by Gasteiger charge is 2.09. The van der Waals surface area contributed by atoms with Crippen LogP contribution in [0.1, 0.15) is 25.3 Å². The van der Waals surface area contributed by atoms with E-state index >= 15 is 0 Å². The molecule has 0 unspecified atom stereocenters. The molecule has 0 aliphatic carbocycles. The Morgan fingerprint density at radius 3 is 2.54 bits per heavy atom. The molecule has 1 N–H and O–H groups in total. The van der Waals surface area contributed by atoms with Gasteiger partial charge in [0, 0.05) is 33.8 Å². The lowest BCUT2D eigenvalue weighted by atomic mass is 10.2. The molecule has 0 fully saturated rings. The van der Waals surface area contributed by atoms with Crippen molar-refractivity contribution < 1.29 is 18.6 Å². The molecule has 148 valence electrons. The van der Waals surface area contributed by atoms with Crippen molar-refractivity contribution in [3.8, 4) is 5.75 Å². The van der Waals surface area contributed by atoms with Crippen LogP contribution in [-0.2, 0) is 16.0 Å². The zero-order chi connectivity index (χ0) is 19.2. The van der Waals surface area contributed by atoms with Gasteiger partial charge in [0.05, 0.1) is 26.9 Å². The smallest absolute Gasteiger partial charge is 0.193 e. The quantitative estimate of drug-likeness (QED) is 0.349. The number of hydrogen-bond donors (Lipinski definition) is 1. The fraction of sp³-hybridized carbons (Fsp3) is 0.632. The van der Waals surface area contributed by atoms with Gasteiger partial charge in [0.1, 0.15) is 0 Å². The third-order valence-corrected chi connectivity index (χ3v) is 3.75. The van der Waals surface area contributed by atoms with E-state index in [0.29, 0.717) is 32.9 Å². The van der Waals surface area contributed by atoms with Crippen molar-refractivity contribution in [1.82, 2.24) is 10.2 Å². The van der Waals surface area contributed by atoms with Crippen molar-refractivity contribution in [3.05, 3.63) is 29.6 Å². The molecule has 0 aromatic heterocycles. The van der Waals surface area contributed by atoms with Gasteiger partial charge < -0.3 is 24.4 Å². The van der Waals surface area contributed by atoms with Crippen molar-refractivity contribution in [3.63, 3.8) is 0 Å². The maximum Gasteiger partial charge on any atom is 0.193 e. The molecule has 0 saturated heterocycles. The first-order valence-electron chi connectivity index (χ1n) is 9.02. The van der Waals surface area contributed by atoms with Gasteiger partial charge in [0.25, 0.3) is 0 Å². The molecule has 7 heteroatoms. The maximum atomic E-state index is 13.8. The number of rotatable bonds is 12. The number of guanidine groups is 1. The molecule has 0 aliphatic rings. The summed E-state index contributed by atoms with van der Waals surface area (Å²) in [7, 11) is 5.07. The van der Waals surface area contributed by atoms with Gasteiger partial charge in [-0.3, -0.25) is 4.99 Å². The molecular weight excluding hydrogens is 337 g/mol. The fourth-order valence-corrected chi connectivity index (χ4v) is 2.35.